The molecular formula is C7H4ClO2. The van der Waals surface area contributed by atoms with Crippen LogP contribution >= 0.6 is 11.6 Å². The zero-order chi connectivity index (χ0) is 7.40. The van der Waals surface area contributed by atoms with Crippen molar-refractivity contribution in [3.63, 3.8) is 0 Å². The average molecular weight is 156 g/mol. The van der Waals surface area contributed by atoms with E-state index in [4.69, 9.17) is 11.6 Å². The molecule has 1 aromatic rings. The van der Waals surface area contributed by atoms with E-state index >= 15 is 0 Å². The Balaban J connectivity index is 2.91. The summed E-state index contributed by atoms with van der Waals surface area (Å²) in [7, 11) is 0. The van der Waals surface area contributed by atoms with Crippen LogP contribution in [0.4, 0.5) is 0 Å². The quantitative estimate of drug-likeness (QED) is 0.651. The predicted octanol–water partition coefficient (Wildman–Crippen LogP) is 1.79. The second-order valence-electron chi connectivity index (χ2n) is 1.62. The highest BCUT2D eigenvalue weighted by Gasteiger charge is 1.96. The Morgan fingerprint density at radius 1 is 1.40 bits per heavy atom. The molecule has 0 fully saturated rings. The van der Waals surface area contributed by atoms with Gasteiger partial charge in [0.25, 0.3) is 0 Å². The van der Waals surface area contributed by atoms with Crippen molar-refractivity contribution in [2.75, 3.05) is 0 Å². The molecule has 0 saturated heterocycles. The van der Waals surface area contributed by atoms with Gasteiger partial charge in [-0.15, -0.1) is 0 Å². The van der Waals surface area contributed by atoms with Crippen molar-refractivity contribution in [1.29, 1.82) is 0 Å². The molecular weight excluding hydrogens is 152 g/mol. The van der Waals surface area contributed by atoms with Gasteiger partial charge in [0.15, 0.2) is 0 Å². The van der Waals surface area contributed by atoms with E-state index in [9.17, 15) is 4.79 Å². The van der Waals surface area contributed by atoms with E-state index in [1.54, 1.807) is 24.3 Å². The van der Waals surface area contributed by atoms with Crippen LogP contribution in [-0.2, 0) is 4.79 Å². The van der Waals surface area contributed by atoms with Crippen molar-refractivity contribution < 1.29 is 9.53 Å². The van der Waals surface area contributed by atoms with Gasteiger partial charge >= 0.3 is 6.47 Å². The summed E-state index contributed by atoms with van der Waals surface area (Å²) in [5.41, 5.74) is 0. The predicted molar refractivity (Wildman–Crippen MR) is 37.8 cm³/mol. The summed E-state index contributed by atoms with van der Waals surface area (Å²) in [6, 6.07) is 6.69. The second-order valence-corrected chi connectivity index (χ2v) is 2.02. The molecule has 0 unspecified atom stereocenters. The summed E-state index contributed by atoms with van der Waals surface area (Å²) in [5, 5.41) is 0.408. The van der Waals surface area contributed by atoms with E-state index in [0.29, 0.717) is 10.8 Å². The molecule has 0 bridgehead atoms. The molecule has 2 nitrogen and oxygen atoms in total. The molecule has 0 spiro atoms. The Morgan fingerprint density at radius 3 is 2.70 bits per heavy atom. The van der Waals surface area contributed by atoms with Crippen molar-refractivity contribution in [2.45, 2.75) is 0 Å². The minimum absolute atomic E-state index is 0.333. The Morgan fingerprint density at radius 2 is 2.10 bits per heavy atom. The number of hydrogen-bond acceptors (Lipinski definition) is 2. The molecule has 0 amide bonds. The highest BCUT2D eigenvalue weighted by molar-refractivity contribution is 6.32. The first-order valence-electron chi connectivity index (χ1n) is 2.63. The van der Waals surface area contributed by atoms with Gasteiger partial charge in [-0.2, -0.15) is 0 Å². The zero-order valence-corrected chi connectivity index (χ0v) is 5.76. The van der Waals surface area contributed by atoms with Crippen LogP contribution in [0, 0.1) is 0 Å². The Labute approximate surface area is 63.4 Å². The first-order valence-corrected chi connectivity index (χ1v) is 3.01. The molecule has 3 heteroatoms. The van der Waals surface area contributed by atoms with Crippen LogP contribution < -0.4 is 4.74 Å². The van der Waals surface area contributed by atoms with E-state index < -0.39 is 0 Å². The normalized spacial score (nSPS) is 8.90. The van der Waals surface area contributed by atoms with Gasteiger partial charge in [0, 0.05) is 0 Å². The maximum absolute atomic E-state index is 9.72. The fraction of sp³-hybridized carbons (Fsp3) is 0. The molecule has 0 N–H and O–H groups in total. The third kappa shape index (κ3) is 1.48. The summed E-state index contributed by atoms with van der Waals surface area (Å²) in [5.74, 6) is 0.333. The van der Waals surface area contributed by atoms with Crippen molar-refractivity contribution in [3.8, 4) is 5.75 Å². The lowest BCUT2D eigenvalue weighted by molar-refractivity contribution is 0.443. The first-order chi connectivity index (χ1) is 4.84. The number of para-hydroxylation sites is 1. The largest absolute Gasteiger partial charge is 0.423 e. The Kier molecular flexibility index (Phi) is 2.29. The summed E-state index contributed by atoms with van der Waals surface area (Å²) in [6.45, 7) is 1.29. The van der Waals surface area contributed by atoms with Crippen LogP contribution in [0.5, 0.6) is 5.75 Å². The molecule has 0 aliphatic rings. The van der Waals surface area contributed by atoms with E-state index in [2.05, 4.69) is 4.74 Å². The number of ether oxygens (including phenoxy) is 1. The standard InChI is InChI=1S/C7H4ClO2/c8-6-3-1-2-4-7(6)10-5-9/h1-4H. The second kappa shape index (κ2) is 3.22. The topological polar surface area (TPSA) is 26.3 Å². The van der Waals surface area contributed by atoms with Crippen LogP contribution in [0.15, 0.2) is 24.3 Å². The monoisotopic (exact) mass is 155 g/mol. The van der Waals surface area contributed by atoms with Gasteiger partial charge in [-0.3, -0.25) is 0 Å². The molecule has 0 aliphatic heterocycles. The third-order valence-electron chi connectivity index (χ3n) is 0.988. The smallest absolute Gasteiger partial charge is 0.416 e. The molecule has 0 saturated carbocycles. The van der Waals surface area contributed by atoms with Crippen LogP contribution in [0.1, 0.15) is 0 Å². The fourth-order valence-corrected chi connectivity index (χ4v) is 0.747. The van der Waals surface area contributed by atoms with Crippen molar-refractivity contribution in [3.05, 3.63) is 29.3 Å². The summed E-state index contributed by atoms with van der Waals surface area (Å²) >= 11 is 5.60. The lowest BCUT2D eigenvalue weighted by atomic mass is 10.3. The molecule has 10 heavy (non-hydrogen) atoms. The molecule has 0 atom stereocenters. The molecule has 51 valence electrons. The van der Waals surface area contributed by atoms with E-state index in [1.807, 2.05) is 0 Å². The number of halogens is 1. The van der Waals surface area contributed by atoms with Gasteiger partial charge in [0.05, 0.1) is 5.02 Å². The van der Waals surface area contributed by atoms with E-state index in [0.717, 1.165) is 0 Å². The minimum atomic E-state index is 0.333. The van der Waals surface area contributed by atoms with E-state index in [-0.39, 0.29) is 0 Å². The Bertz CT molecular complexity index is 235. The zero-order valence-electron chi connectivity index (χ0n) is 5.00. The number of hydrogen-bond donors (Lipinski definition) is 0. The van der Waals surface area contributed by atoms with Crippen molar-refractivity contribution in [2.24, 2.45) is 0 Å². The van der Waals surface area contributed by atoms with Gasteiger partial charge in [-0.25, -0.2) is 4.79 Å². The number of carbonyl (C=O) groups excluding carboxylic acids is 1. The van der Waals surface area contributed by atoms with Crippen molar-refractivity contribution in [1.82, 2.24) is 0 Å². The van der Waals surface area contributed by atoms with Gasteiger partial charge in [-0.1, -0.05) is 23.7 Å². The summed E-state index contributed by atoms with van der Waals surface area (Å²) < 4.78 is 4.40. The lowest BCUT2D eigenvalue weighted by Gasteiger charge is -1.96. The fourth-order valence-electron chi connectivity index (χ4n) is 0.572. The maximum atomic E-state index is 9.72. The molecule has 1 radical (unpaired) electrons. The third-order valence-corrected chi connectivity index (χ3v) is 1.30. The van der Waals surface area contributed by atoms with Crippen LogP contribution in [0.3, 0.4) is 0 Å². The van der Waals surface area contributed by atoms with Crippen LogP contribution in [0.25, 0.3) is 0 Å². The van der Waals surface area contributed by atoms with Gasteiger partial charge in [0.1, 0.15) is 5.75 Å². The summed E-state index contributed by atoms with van der Waals surface area (Å²) in [6.07, 6.45) is 0. The highest BCUT2D eigenvalue weighted by Crippen LogP contribution is 2.21. The maximum Gasteiger partial charge on any atom is 0.423 e. The first kappa shape index (κ1) is 7.09. The van der Waals surface area contributed by atoms with Gasteiger partial charge in [-0.05, 0) is 12.1 Å². The van der Waals surface area contributed by atoms with Crippen LogP contribution in [-0.4, -0.2) is 6.47 Å². The molecule has 1 aromatic carbocycles. The summed E-state index contributed by atoms with van der Waals surface area (Å²) in [4.78, 5) is 9.72. The number of benzene rings is 1. The average Bonchev–Trinajstić information content (AvgIpc) is 1.94. The Hall–Kier alpha value is -1.02. The van der Waals surface area contributed by atoms with Gasteiger partial charge < -0.3 is 4.74 Å². The molecule has 0 heterocycles. The highest BCUT2D eigenvalue weighted by atomic mass is 35.5. The van der Waals surface area contributed by atoms with Gasteiger partial charge in [0.2, 0.25) is 0 Å². The SMILES string of the molecule is O=[C]Oc1ccccc1Cl. The van der Waals surface area contributed by atoms with E-state index in [1.165, 1.54) is 6.47 Å². The molecule has 0 aliphatic carbocycles. The molecule has 0 aromatic heterocycles. The molecule has 1 rings (SSSR count). The van der Waals surface area contributed by atoms with Crippen molar-refractivity contribution >= 4 is 18.1 Å². The minimum Gasteiger partial charge on any atom is -0.416 e. The number of rotatable bonds is 2. The van der Waals surface area contributed by atoms with Crippen LogP contribution in [0.2, 0.25) is 5.02 Å². The lowest BCUT2D eigenvalue weighted by Crippen LogP contribution is -1.87.